The Bertz CT molecular complexity index is 1790. The summed E-state index contributed by atoms with van der Waals surface area (Å²) < 4.78 is 0. The molecule has 8 rings (SSSR count). The Morgan fingerprint density at radius 2 is 0.795 bits per heavy atom. The molecule has 0 spiro atoms. The summed E-state index contributed by atoms with van der Waals surface area (Å²) in [5.41, 5.74) is 6.23. The van der Waals surface area contributed by atoms with Crippen LogP contribution >= 0.6 is 0 Å². The molecule has 0 fully saturated rings. The summed E-state index contributed by atoms with van der Waals surface area (Å²) in [5.74, 6) is 0. The van der Waals surface area contributed by atoms with Crippen molar-refractivity contribution in [2.24, 2.45) is 0 Å². The minimum absolute atomic E-state index is 0.297. The van der Waals surface area contributed by atoms with E-state index in [-0.39, 0.29) is 0 Å². The Morgan fingerprint density at radius 3 is 1.31 bits per heavy atom. The molecule has 2 atom stereocenters. The second kappa shape index (κ2) is 8.79. The van der Waals surface area contributed by atoms with Crippen LogP contribution in [0.25, 0.3) is 33.7 Å². The van der Waals surface area contributed by atoms with E-state index in [2.05, 4.69) is 158 Å². The first kappa shape index (κ1) is 22.5. The molecular weight excluding hydrogens is 485 g/mol. The van der Waals surface area contributed by atoms with Gasteiger partial charge in [-0.1, -0.05) is 158 Å². The highest BCUT2D eigenvalue weighted by Crippen LogP contribution is 2.48. The average molecular weight is 513 g/mol. The summed E-state index contributed by atoms with van der Waals surface area (Å²) in [6.45, 7) is 0. The molecule has 6 aromatic carbocycles. The van der Waals surface area contributed by atoms with E-state index in [0.29, 0.717) is 11.1 Å². The Labute approximate surface area is 230 Å². The number of benzene rings is 6. The molecule has 0 N–H and O–H groups in total. The minimum atomic E-state index is -2.69. The lowest BCUT2D eigenvalue weighted by molar-refractivity contribution is 1.08. The zero-order valence-corrected chi connectivity index (χ0v) is 22.7. The molecular formula is C38H28Si. The average Bonchev–Trinajstić information content (AvgIpc) is 3.64. The highest BCUT2D eigenvalue weighted by Gasteiger charge is 2.53. The van der Waals surface area contributed by atoms with Gasteiger partial charge < -0.3 is 0 Å². The van der Waals surface area contributed by atoms with Crippen molar-refractivity contribution in [3.05, 3.63) is 168 Å². The summed E-state index contributed by atoms with van der Waals surface area (Å²) in [5, 5.41) is 8.45. The molecule has 0 saturated heterocycles. The molecule has 2 unspecified atom stereocenters. The quantitative estimate of drug-likeness (QED) is 0.209. The molecule has 0 aromatic heterocycles. The fourth-order valence-corrected chi connectivity index (χ4v) is 13.9. The number of hydrogen-bond acceptors (Lipinski definition) is 0. The van der Waals surface area contributed by atoms with Crippen molar-refractivity contribution in [1.82, 2.24) is 0 Å². The third kappa shape index (κ3) is 3.24. The smallest absolute Gasteiger partial charge is 0.0784 e. The SMILES string of the molecule is C1=CC([Si](c2cccc3ccccc23)(c2cccc3ccccc23)C2C=Cc3ccccc32)c2ccccc21. The largest absolute Gasteiger partial charge is 0.141 e. The maximum atomic E-state index is 2.54. The van der Waals surface area contributed by atoms with Crippen molar-refractivity contribution in [2.45, 2.75) is 11.1 Å². The van der Waals surface area contributed by atoms with Gasteiger partial charge in [-0.2, -0.15) is 0 Å². The van der Waals surface area contributed by atoms with Crippen molar-refractivity contribution < 1.29 is 0 Å². The second-order valence-electron chi connectivity index (χ2n) is 10.9. The van der Waals surface area contributed by atoms with Crippen LogP contribution in [-0.4, -0.2) is 8.07 Å². The van der Waals surface area contributed by atoms with Gasteiger partial charge in [0.2, 0.25) is 0 Å². The predicted octanol–water partition coefficient (Wildman–Crippen LogP) is 8.26. The number of fused-ring (bicyclic) bond motifs is 4. The van der Waals surface area contributed by atoms with E-state index in [1.807, 2.05) is 0 Å². The molecule has 2 aliphatic rings. The monoisotopic (exact) mass is 512 g/mol. The van der Waals surface area contributed by atoms with E-state index in [1.54, 1.807) is 0 Å². The second-order valence-corrected chi connectivity index (χ2v) is 14.9. The molecule has 2 aliphatic carbocycles. The number of hydrogen-bond donors (Lipinski definition) is 0. The molecule has 0 nitrogen and oxygen atoms in total. The minimum Gasteiger partial charge on any atom is -0.0784 e. The van der Waals surface area contributed by atoms with Gasteiger partial charge in [-0.3, -0.25) is 0 Å². The van der Waals surface area contributed by atoms with E-state index >= 15 is 0 Å². The molecule has 0 saturated carbocycles. The van der Waals surface area contributed by atoms with Crippen LogP contribution < -0.4 is 10.4 Å². The maximum absolute atomic E-state index is 2.69. The van der Waals surface area contributed by atoms with E-state index in [0.717, 1.165) is 0 Å². The van der Waals surface area contributed by atoms with Crippen LogP contribution in [0.15, 0.2) is 146 Å². The van der Waals surface area contributed by atoms with Gasteiger partial charge >= 0.3 is 0 Å². The number of allylic oxidation sites excluding steroid dienone is 2. The standard InChI is InChI=1S/C38H28Si/c1-5-17-31-27(11-1)15-9-21-35(31)39(37-25-23-29-13-3-7-19-33(29)37,38-26-24-30-14-4-8-20-34(30)38)36-22-10-16-28-12-2-6-18-32(28)36/h1-26,37-38H. The lowest BCUT2D eigenvalue weighted by atomic mass is 10.1. The number of rotatable bonds is 4. The van der Waals surface area contributed by atoms with Gasteiger partial charge in [0, 0.05) is 11.1 Å². The van der Waals surface area contributed by atoms with Gasteiger partial charge in [-0.15, -0.1) is 0 Å². The zero-order chi connectivity index (χ0) is 25.8. The summed E-state index contributed by atoms with van der Waals surface area (Å²) in [4.78, 5) is 0. The van der Waals surface area contributed by atoms with Gasteiger partial charge in [0.15, 0.2) is 0 Å². The molecule has 6 aromatic rings. The molecule has 0 aliphatic heterocycles. The highest BCUT2D eigenvalue weighted by molar-refractivity contribution is 7.07. The Hall–Kier alpha value is -4.46. The first-order valence-corrected chi connectivity index (χ1v) is 16.0. The Balaban J connectivity index is 1.59. The van der Waals surface area contributed by atoms with Crippen LogP contribution in [0, 0.1) is 0 Å². The van der Waals surface area contributed by atoms with Crippen LogP contribution in [-0.2, 0) is 0 Å². The maximum Gasteiger partial charge on any atom is 0.141 e. The van der Waals surface area contributed by atoms with Gasteiger partial charge in [0.05, 0.1) is 0 Å². The molecule has 0 amide bonds. The molecule has 0 heterocycles. The fraction of sp³-hybridized carbons (Fsp3) is 0.0526. The van der Waals surface area contributed by atoms with Crippen molar-refractivity contribution in [1.29, 1.82) is 0 Å². The van der Waals surface area contributed by atoms with Crippen LogP contribution in [0.1, 0.15) is 33.3 Å². The van der Waals surface area contributed by atoms with E-state index < -0.39 is 8.07 Å². The van der Waals surface area contributed by atoms with Gasteiger partial charge in [-0.25, -0.2) is 0 Å². The topological polar surface area (TPSA) is 0 Å². The molecule has 39 heavy (non-hydrogen) atoms. The van der Waals surface area contributed by atoms with E-state index in [1.165, 1.54) is 54.2 Å². The molecule has 0 radical (unpaired) electrons. The summed E-state index contributed by atoms with van der Waals surface area (Å²) in [6.07, 6.45) is 9.83. The van der Waals surface area contributed by atoms with E-state index in [4.69, 9.17) is 0 Å². The van der Waals surface area contributed by atoms with Gasteiger partial charge in [-0.05, 0) is 54.2 Å². The van der Waals surface area contributed by atoms with Crippen molar-refractivity contribution >= 4 is 52.1 Å². The lowest BCUT2D eigenvalue weighted by Crippen LogP contribution is -2.66. The third-order valence-corrected chi connectivity index (χ3v) is 14.7. The van der Waals surface area contributed by atoms with Crippen LogP contribution in [0.3, 0.4) is 0 Å². The lowest BCUT2D eigenvalue weighted by Gasteiger charge is -2.44. The summed E-state index contributed by atoms with van der Waals surface area (Å²) in [6, 6.07) is 50.2. The van der Waals surface area contributed by atoms with Crippen molar-refractivity contribution in [3.63, 3.8) is 0 Å². The first-order chi connectivity index (χ1) is 19.4. The van der Waals surface area contributed by atoms with Crippen molar-refractivity contribution in [2.75, 3.05) is 0 Å². The van der Waals surface area contributed by atoms with Crippen LogP contribution in [0.4, 0.5) is 0 Å². The van der Waals surface area contributed by atoms with Gasteiger partial charge in [0.25, 0.3) is 0 Å². The van der Waals surface area contributed by atoms with Crippen LogP contribution in [0.5, 0.6) is 0 Å². The Morgan fingerprint density at radius 1 is 0.385 bits per heavy atom. The zero-order valence-electron chi connectivity index (χ0n) is 21.7. The fourth-order valence-electron chi connectivity index (χ4n) is 7.47. The summed E-state index contributed by atoms with van der Waals surface area (Å²) >= 11 is 0. The molecule has 1 heteroatoms. The van der Waals surface area contributed by atoms with Crippen LogP contribution in [0.2, 0.25) is 0 Å². The molecule has 0 bridgehead atoms. The first-order valence-electron chi connectivity index (χ1n) is 13.9. The predicted molar refractivity (Wildman–Crippen MR) is 169 cm³/mol. The summed E-state index contributed by atoms with van der Waals surface area (Å²) in [7, 11) is -2.69. The van der Waals surface area contributed by atoms with Gasteiger partial charge in [0.1, 0.15) is 8.07 Å². The third-order valence-electron chi connectivity index (χ3n) is 9.05. The highest BCUT2D eigenvalue weighted by atomic mass is 28.3. The normalized spacial score (nSPS) is 17.5. The van der Waals surface area contributed by atoms with E-state index in [9.17, 15) is 0 Å². The van der Waals surface area contributed by atoms with Crippen molar-refractivity contribution in [3.8, 4) is 0 Å². The molecule has 184 valence electrons. The Kier molecular flexibility index (Phi) is 5.08.